The summed E-state index contributed by atoms with van der Waals surface area (Å²) in [6.45, 7) is 8.91. The van der Waals surface area contributed by atoms with Crippen LogP contribution >= 0.6 is 0 Å². The minimum absolute atomic E-state index is 0.183. The molecule has 0 saturated heterocycles. The fourth-order valence-electron chi connectivity index (χ4n) is 2.00. The molecule has 22 heavy (non-hydrogen) atoms. The van der Waals surface area contributed by atoms with Crippen molar-refractivity contribution in [1.82, 2.24) is 4.31 Å². The molecule has 0 bridgehead atoms. The third kappa shape index (κ3) is 4.41. The Labute approximate surface area is 131 Å². The number of halogens is 3. The second-order valence-corrected chi connectivity index (χ2v) is 8.20. The zero-order valence-electron chi connectivity index (χ0n) is 12.9. The van der Waals surface area contributed by atoms with Crippen LogP contribution < -0.4 is 0 Å². The van der Waals surface area contributed by atoms with Crippen LogP contribution in [0.4, 0.5) is 13.2 Å². The minimum atomic E-state index is -4.57. The molecule has 1 aromatic rings. The molecule has 0 unspecified atom stereocenters. The van der Waals surface area contributed by atoms with Gasteiger partial charge in [-0.15, -0.1) is 10.9 Å². The van der Waals surface area contributed by atoms with Crippen molar-refractivity contribution in [1.29, 1.82) is 0 Å². The number of hydrogen-bond donors (Lipinski definition) is 1. The molecular weight excluding hydrogens is 315 g/mol. The fraction of sp³-hybridized carbons (Fsp3) is 0.467. The molecule has 0 radical (unpaired) electrons. The van der Waals surface area contributed by atoms with Crippen molar-refractivity contribution in [2.75, 3.05) is 7.05 Å². The van der Waals surface area contributed by atoms with Gasteiger partial charge in [0.25, 0.3) is 0 Å². The lowest BCUT2D eigenvalue weighted by molar-refractivity contribution is -0.137. The monoisotopic (exact) mass is 335 g/mol. The standard InChI is InChI=1S/C15H20F3NO2S/c1-6-13(19(5)22(21)14(2,3)4)10-7-11(15(16,17)18)9-12(20)8-10/h6-9,13,20H,1H2,2-5H3/t13-,22+/m1/s1. The molecule has 1 aromatic carbocycles. The normalized spacial score (nSPS) is 15.7. The van der Waals surface area contributed by atoms with Crippen LogP contribution in [-0.4, -0.2) is 25.8 Å². The second-order valence-electron chi connectivity index (χ2n) is 5.90. The highest BCUT2D eigenvalue weighted by molar-refractivity contribution is 7.90. The molecule has 0 aliphatic rings. The van der Waals surface area contributed by atoms with Gasteiger partial charge in [0, 0.05) is 18.4 Å². The minimum Gasteiger partial charge on any atom is -0.597 e. The topological polar surface area (TPSA) is 46.5 Å². The van der Waals surface area contributed by atoms with Gasteiger partial charge in [0.1, 0.15) is 10.5 Å². The lowest BCUT2D eigenvalue weighted by Gasteiger charge is -2.34. The van der Waals surface area contributed by atoms with E-state index in [0.717, 1.165) is 6.07 Å². The first kappa shape index (κ1) is 18.9. The Bertz CT molecular complexity index is 541. The fourth-order valence-corrected chi connectivity index (χ4v) is 3.28. The van der Waals surface area contributed by atoms with Crippen molar-refractivity contribution in [3.63, 3.8) is 0 Å². The summed E-state index contributed by atoms with van der Waals surface area (Å²) in [6, 6.07) is 2.10. The first-order valence-electron chi connectivity index (χ1n) is 6.56. The second kappa shape index (κ2) is 6.52. The third-order valence-corrected chi connectivity index (χ3v) is 4.81. The van der Waals surface area contributed by atoms with E-state index in [1.54, 1.807) is 27.8 Å². The highest BCUT2D eigenvalue weighted by Gasteiger charge is 2.36. The summed E-state index contributed by atoms with van der Waals surface area (Å²) in [5.41, 5.74) is -0.772. The molecule has 0 fully saturated rings. The van der Waals surface area contributed by atoms with Gasteiger partial charge in [-0.3, -0.25) is 0 Å². The smallest absolute Gasteiger partial charge is 0.416 e. The number of phenols is 1. The van der Waals surface area contributed by atoms with E-state index >= 15 is 0 Å². The molecular formula is C15H20F3NO2S. The lowest BCUT2D eigenvalue weighted by atomic mass is 10.0. The first-order valence-corrected chi connectivity index (χ1v) is 7.67. The molecule has 0 heterocycles. The first-order chi connectivity index (χ1) is 9.87. The molecule has 0 amide bonds. The zero-order valence-corrected chi connectivity index (χ0v) is 13.8. The summed E-state index contributed by atoms with van der Waals surface area (Å²) in [6.07, 6.45) is -3.17. The Kier molecular flexibility index (Phi) is 5.59. The lowest BCUT2D eigenvalue weighted by Crippen LogP contribution is -2.42. The Balaban J connectivity index is 3.26. The van der Waals surface area contributed by atoms with Gasteiger partial charge >= 0.3 is 6.18 Å². The van der Waals surface area contributed by atoms with Crippen LogP contribution in [0.3, 0.4) is 0 Å². The SMILES string of the molecule is C=C[C@H](c1cc(O)cc(C(F)(F)F)c1)N(C)[S@@+]([O-])C(C)(C)C. The van der Waals surface area contributed by atoms with Gasteiger partial charge in [-0.25, -0.2) is 0 Å². The van der Waals surface area contributed by atoms with E-state index in [1.807, 2.05) is 0 Å². The van der Waals surface area contributed by atoms with E-state index in [2.05, 4.69) is 6.58 Å². The number of benzene rings is 1. The van der Waals surface area contributed by atoms with Crippen LogP contribution in [0.25, 0.3) is 0 Å². The maximum Gasteiger partial charge on any atom is 0.416 e. The van der Waals surface area contributed by atoms with Crippen LogP contribution in [0.5, 0.6) is 5.75 Å². The Morgan fingerprint density at radius 1 is 1.27 bits per heavy atom. The van der Waals surface area contributed by atoms with E-state index in [4.69, 9.17) is 0 Å². The maximum atomic E-state index is 12.9. The summed E-state index contributed by atoms with van der Waals surface area (Å²) in [5, 5.41) is 9.55. The van der Waals surface area contributed by atoms with Crippen LogP contribution in [0, 0.1) is 0 Å². The number of phenolic OH excluding ortho intramolecular Hbond substituents is 1. The number of aromatic hydroxyl groups is 1. The van der Waals surface area contributed by atoms with Gasteiger partial charge in [0.2, 0.25) is 0 Å². The van der Waals surface area contributed by atoms with E-state index in [9.17, 15) is 22.8 Å². The highest BCUT2D eigenvalue weighted by Crippen LogP contribution is 2.36. The number of likely N-dealkylation sites (N-methyl/N-ethyl adjacent to an activating group) is 1. The van der Waals surface area contributed by atoms with Crippen molar-refractivity contribution in [3.05, 3.63) is 42.0 Å². The van der Waals surface area contributed by atoms with Gasteiger partial charge < -0.3 is 9.66 Å². The highest BCUT2D eigenvalue weighted by atomic mass is 32.2. The summed E-state index contributed by atoms with van der Waals surface area (Å²) in [5.74, 6) is -0.494. The molecule has 0 saturated carbocycles. The summed E-state index contributed by atoms with van der Waals surface area (Å²) in [7, 11) is 1.55. The molecule has 1 rings (SSSR count). The van der Waals surface area contributed by atoms with Gasteiger partial charge in [0.05, 0.1) is 11.6 Å². The van der Waals surface area contributed by atoms with E-state index < -0.39 is 39.6 Å². The molecule has 2 atom stereocenters. The average molecular weight is 335 g/mol. The van der Waals surface area contributed by atoms with Crippen molar-refractivity contribution in [2.24, 2.45) is 0 Å². The van der Waals surface area contributed by atoms with Crippen molar-refractivity contribution < 1.29 is 22.8 Å². The molecule has 0 spiro atoms. The van der Waals surface area contributed by atoms with Gasteiger partial charge in [-0.2, -0.15) is 13.2 Å². The van der Waals surface area contributed by atoms with Crippen molar-refractivity contribution in [3.8, 4) is 5.75 Å². The van der Waals surface area contributed by atoms with Gasteiger partial charge in [-0.1, -0.05) is 6.08 Å². The Hall–Kier alpha value is -1.18. The zero-order chi connectivity index (χ0) is 17.3. The van der Waals surface area contributed by atoms with Crippen LogP contribution in [0.15, 0.2) is 30.9 Å². The molecule has 0 aliphatic carbocycles. The van der Waals surface area contributed by atoms with E-state index in [0.29, 0.717) is 6.07 Å². The predicted octanol–water partition coefficient (Wildman–Crippen LogP) is 4.03. The molecule has 124 valence electrons. The van der Waals surface area contributed by atoms with Gasteiger partial charge in [0.15, 0.2) is 0 Å². The molecule has 7 heteroatoms. The van der Waals surface area contributed by atoms with E-state index in [-0.39, 0.29) is 5.56 Å². The number of nitrogens with zero attached hydrogens (tertiary/aromatic N) is 1. The van der Waals surface area contributed by atoms with Crippen molar-refractivity contribution >= 4 is 11.4 Å². The van der Waals surface area contributed by atoms with Crippen LogP contribution in [0.1, 0.15) is 37.9 Å². The molecule has 0 aliphatic heterocycles. The van der Waals surface area contributed by atoms with Crippen LogP contribution in [0.2, 0.25) is 0 Å². The Morgan fingerprint density at radius 3 is 2.23 bits per heavy atom. The summed E-state index contributed by atoms with van der Waals surface area (Å²) < 4.78 is 51.8. The molecule has 1 N–H and O–H groups in total. The number of rotatable bonds is 4. The quantitative estimate of drug-likeness (QED) is 0.667. The largest absolute Gasteiger partial charge is 0.597 e. The predicted molar refractivity (Wildman–Crippen MR) is 81.7 cm³/mol. The van der Waals surface area contributed by atoms with Gasteiger partial charge in [-0.05, 0) is 44.5 Å². The number of alkyl halides is 3. The third-order valence-electron chi connectivity index (χ3n) is 3.01. The van der Waals surface area contributed by atoms with Crippen molar-refractivity contribution in [2.45, 2.75) is 37.7 Å². The maximum absolute atomic E-state index is 12.9. The summed E-state index contributed by atoms with van der Waals surface area (Å²) >= 11 is -1.45. The average Bonchev–Trinajstić information content (AvgIpc) is 2.35. The molecule has 0 aromatic heterocycles. The number of hydrogen-bond acceptors (Lipinski definition) is 3. The molecule has 3 nitrogen and oxygen atoms in total. The van der Waals surface area contributed by atoms with E-state index in [1.165, 1.54) is 16.4 Å². The van der Waals surface area contributed by atoms with Crippen LogP contribution in [-0.2, 0) is 17.5 Å². The summed E-state index contributed by atoms with van der Waals surface area (Å²) in [4.78, 5) is 0. The Morgan fingerprint density at radius 2 is 1.82 bits per heavy atom.